The van der Waals surface area contributed by atoms with Gasteiger partial charge in [-0.05, 0) is 42.3 Å². The zero-order chi connectivity index (χ0) is 34.5. The van der Waals surface area contributed by atoms with E-state index in [0.717, 1.165) is 0 Å². The molecule has 0 amide bonds. The van der Waals surface area contributed by atoms with Crippen molar-refractivity contribution < 1.29 is 29.2 Å². The number of hydrogen-bond donors (Lipinski definition) is 1. The van der Waals surface area contributed by atoms with Crippen LogP contribution in [-0.2, 0) is 9.53 Å². The molecule has 1 N–H and O–H groups in total. The molecule has 2 unspecified atom stereocenters. The van der Waals surface area contributed by atoms with Crippen LogP contribution in [0.5, 0.6) is 0 Å². The lowest BCUT2D eigenvalue weighted by atomic mass is 9.84. The van der Waals surface area contributed by atoms with Gasteiger partial charge in [0.2, 0.25) is 0 Å². The van der Waals surface area contributed by atoms with Crippen LogP contribution < -0.4 is 10.2 Å². The van der Waals surface area contributed by atoms with Gasteiger partial charge in [-0.25, -0.2) is 4.79 Å². The average molecular weight is 655 g/mol. The molecule has 2 atom stereocenters. The first-order valence-electron chi connectivity index (χ1n) is 14.4. The van der Waals surface area contributed by atoms with Crippen molar-refractivity contribution in [3.8, 4) is 0 Å². The van der Waals surface area contributed by atoms with Gasteiger partial charge in [-0.1, -0.05) is 24.3 Å². The Labute approximate surface area is 271 Å². The molecule has 4 aromatic rings. The highest BCUT2D eigenvalue weighted by atomic mass is 16.6. The summed E-state index contributed by atoms with van der Waals surface area (Å²) in [6, 6.07) is 20.4. The summed E-state index contributed by atoms with van der Waals surface area (Å²) >= 11 is 0. The van der Waals surface area contributed by atoms with Crippen LogP contribution in [0.3, 0.4) is 0 Å². The standard InChI is InChI=1S/C32H26N6O10/c1-2-48-32(39)30-28(33-22-9-11-24(12-10-22)35(40)41)19-29(20-5-3-7-26(17-20)37(44)45)34(23-13-15-25(16-14-23)36(42)43)31(30)21-6-4-8-27(18-21)38(46)47/h3-18,29,31,33H,2,19H2,1H3. The summed E-state index contributed by atoms with van der Waals surface area (Å²) in [4.78, 5) is 59.8. The molecule has 0 aliphatic carbocycles. The number of anilines is 2. The fourth-order valence-electron chi connectivity index (χ4n) is 5.62. The summed E-state index contributed by atoms with van der Waals surface area (Å²) in [5.41, 5.74) is 0.904. The molecule has 244 valence electrons. The lowest BCUT2D eigenvalue weighted by molar-refractivity contribution is -0.385. The number of ether oxygens (including phenoxy) is 1. The first kappa shape index (κ1) is 32.7. The highest BCUT2D eigenvalue weighted by molar-refractivity contribution is 5.93. The smallest absolute Gasteiger partial charge is 0.338 e. The van der Waals surface area contributed by atoms with E-state index < -0.39 is 37.7 Å². The summed E-state index contributed by atoms with van der Waals surface area (Å²) in [5, 5.41) is 49.6. The maximum Gasteiger partial charge on any atom is 0.338 e. The predicted molar refractivity (Wildman–Crippen MR) is 172 cm³/mol. The molecule has 48 heavy (non-hydrogen) atoms. The number of nitro benzene ring substituents is 4. The van der Waals surface area contributed by atoms with Crippen LogP contribution in [0.25, 0.3) is 0 Å². The Bertz CT molecular complexity index is 1950. The van der Waals surface area contributed by atoms with Crippen molar-refractivity contribution >= 4 is 40.1 Å². The monoisotopic (exact) mass is 654 g/mol. The molecule has 0 radical (unpaired) electrons. The number of hydrogen-bond acceptors (Lipinski definition) is 12. The lowest BCUT2D eigenvalue weighted by Gasteiger charge is -2.45. The number of nitrogens with zero attached hydrogens (tertiary/aromatic N) is 5. The Morgan fingerprint density at radius 3 is 1.75 bits per heavy atom. The van der Waals surface area contributed by atoms with Crippen LogP contribution in [-0.4, -0.2) is 32.3 Å². The quantitative estimate of drug-likeness (QED) is 0.0988. The third-order valence-corrected chi connectivity index (χ3v) is 7.70. The van der Waals surface area contributed by atoms with Gasteiger partial charge in [0.15, 0.2) is 0 Å². The van der Waals surface area contributed by atoms with Gasteiger partial charge in [0.25, 0.3) is 22.7 Å². The fourth-order valence-corrected chi connectivity index (χ4v) is 5.62. The van der Waals surface area contributed by atoms with E-state index in [1.807, 2.05) is 0 Å². The van der Waals surface area contributed by atoms with E-state index in [2.05, 4.69) is 5.32 Å². The largest absolute Gasteiger partial charge is 0.463 e. The van der Waals surface area contributed by atoms with E-state index in [-0.39, 0.29) is 52.6 Å². The van der Waals surface area contributed by atoms with Gasteiger partial charge in [0.1, 0.15) is 0 Å². The van der Waals surface area contributed by atoms with Gasteiger partial charge < -0.3 is 15.0 Å². The number of rotatable bonds is 11. The predicted octanol–water partition coefficient (Wildman–Crippen LogP) is 6.94. The van der Waals surface area contributed by atoms with E-state index in [4.69, 9.17) is 4.74 Å². The minimum Gasteiger partial charge on any atom is -0.463 e. The zero-order valence-corrected chi connectivity index (χ0v) is 25.1. The molecular weight excluding hydrogens is 628 g/mol. The second-order valence-corrected chi connectivity index (χ2v) is 10.5. The second kappa shape index (κ2) is 13.7. The summed E-state index contributed by atoms with van der Waals surface area (Å²) in [5.74, 6) is -0.775. The fraction of sp³-hybridized carbons (Fsp3) is 0.156. The Hall–Kier alpha value is -6.71. The minimum atomic E-state index is -1.14. The van der Waals surface area contributed by atoms with Crippen molar-refractivity contribution in [2.75, 3.05) is 16.8 Å². The third kappa shape index (κ3) is 6.76. The van der Waals surface area contributed by atoms with Gasteiger partial charge in [0, 0.05) is 72.0 Å². The Kier molecular flexibility index (Phi) is 9.35. The molecule has 16 heteroatoms. The highest BCUT2D eigenvalue weighted by Gasteiger charge is 2.42. The molecule has 0 saturated carbocycles. The molecule has 0 fully saturated rings. The number of carbonyl (C=O) groups excluding carboxylic acids is 1. The van der Waals surface area contributed by atoms with Gasteiger partial charge in [-0.2, -0.15) is 0 Å². The van der Waals surface area contributed by atoms with E-state index in [1.165, 1.54) is 84.9 Å². The molecule has 0 saturated heterocycles. The second-order valence-electron chi connectivity index (χ2n) is 10.5. The van der Waals surface area contributed by atoms with Crippen molar-refractivity contribution in [3.63, 3.8) is 0 Å². The molecule has 0 spiro atoms. The first-order chi connectivity index (χ1) is 23.0. The number of non-ortho nitro benzene ring substituents is 4. The summed E-state index contributed by atoms with van der Waals surface area (Å²) in [6.07, 6.45) is -0.00524. The number of esters is 1. The molecule has 0 aromatic heterocycles. The van der Waals surface area contributed by atoms with E-state index in [1.54, 1.807) is 24.0 Å². The third-order valence-electron chi connectivity index (χ3n) is 7.70. The maximum atomic E-state index is 13.9. The summed E-state index contributed by atoms with van der Waals surface area (Å²) in [6.45, 7) is 1.58. The molecule has 4 aromatic carbocycles. The van der Waals surface area contributed by atoms with Crippen LogP contribution in [0.2, 0.25) is 0 Å². The van der Waals surface area contributed by atoms with Gasteiger partial charge in [-0.15, -0.1) is 0 Å². The molecular formula is C32H26N6O10. The number of carbonyl (C=O) groups is 1. The normalized spacial score (nSPS) is 15.8. The highest BCUT2D eigenvalue weighted by Crippen LogP contribution is 2.49. The van der Waals surface area contributed by atoms with Crippen molar-refractivity contribution in [1.82, 2.24) is 0 Å². The molecule has 1 aliphatic rings. The van der Waals surface area contributed by atoms with Crippen LogP contribution in [0, 0.1) is 40.5 Å². The van der Waals surface area contributed by atoms with E-state index in [9.17, 15) is 45.3 Å². The SMILES string of the molecule is CCOC(=O)C1=C(Nc2ccc([N+](=O)[O-])cc2)CC(c2cccc([N+](=O)[O-])c2)N(c2ccc([N+](=O)[O-])cc2)C1c1cccc([N+](=O)[O-])c1. The Balaban J connectivity index is 1.82. The topological polar surface area (TPSA) is 214 Å². The number of benzene rings is 4. The Morgan fingerprint density at radius 2 is 1.23 bits per heavy atom. The number of nitro groups is 4. The van der Waals surface area contributed by atoms with Gasteiger partial charge in [-0.3, -0.25) is 40.5 Å². The molecule has 1 heterocycles. The van der Waals surface area contributed by atoms with Crippen LogP contribution in [0.4, 0.5) is 34.1 Å². The van der Waals surface area contributed by atoms with Crippen LogP contribution in [0.1, 0.15) is 36.6 Å². The van der Waals surface area contributed by atoms with E-state index in [0.29, 0.717) is 16.9 Å². The summed E-state index contributed by atoms with van der Waals surface area (Å²) < 4.78 is 5.49. The van der Waals surface area contributed by atoms with Crippen LogP contribution in [0.15, 0.2) is 108 Å². The molecule has 5 rings (SSSR count). The van der Waals surface area contributed by atoms with E-state index >= 15 is 0 Å². The first-order valence-corrected chi connectivity index (χ1v) is 14.4. The molecule has 16 nitrogen and oxygen atoms in total. The molecule has 1 aliphatic heterocycles. The number of nitrogens with one attached hydrogen (secondary N) is 1. The van der Waals surface area contributed by atoms with Crippen molar-refractivity contribution in [2.45, 2.75) is 25.4 Å². The average Bonchev–Trinajstić information content (AvgIpc) is 3.08. The minimum absolute atomic E-state index is 0.00524. The van der Waals surface area contributed by atoms with Gasteiger partial charge >= 0.3 is 5.97 Å². The van der Waals surface area contributed by atoms with Crippen molar-refractivity contribution in [1.29, 1.82) is 0 Å². The summed E-state index contributed by atoms with van der Waals surface area (Å²) in [7, 11) is 0. The van der Waals surface area contributed by atoms with Crippen LogP contribution >= 0.6 is 0 Å². The van der Waals surface area contributed by atoms with Crippen molar-refractivity contribution in [3.05, 3.63) is 160 Å². The van der Waals surface area contributed by atoms with Crippen molar-refractivity contribution in [2.24, 2.45) is 0 Å². The maximum absolute atomic E-state index is 13.9. The van der Waals surface area contributed by atoms with Gasteiger partial charge in [0.05, 0.1) is 44.0 Å². The lowest BCUT2D eigenvalue weighted by Crippen LogP contribution is -2.41. The zero-order valence-electron chi connectivity index (χ0n) is 25.1. The molecule has 0 bridgehead atoms. The Morgan fingerprint density at radius 1 is 0.729 bits per heavy atom.